The highest BCUT2D eigenvalue weighted by Crippen LogP contribution is 2.51. The molecule has 0 bridgehead atoms. The van der Waals surface area contributed by atoms with E-state index < -0.39 is 30.1 Å². The van der Waals surface area contributed by atoms with Gasteiger partial charge in [-0.3, -0.25) is 9.59 Å². The van der Waals surface area contributed by atoms with Gasteiger partial charge in [-0.1, -0.05) is 13.8 Å². The second-order valence-corrected chi connectivity index (χ2v) is 10.3. The molecule has 2 aliphatic heterocycles. The van der Waals surface area contributed by atoms with Crippen molar-refractivity contribution in [3.05, 3.63) is 34.9 Å². The molecule has 0 unspecified atom stereocenters. The van der Waals surface area contributed by atoms with Gasteiger partial charge >= 0.3 is 0 Å². The molecule has 1 saturated heterocycles. The van der Waals surface area contributed by atoms with Gasteiger partial charge in [-0.15, -0.1) is 0 Å². The monoisotopic (exact) mass is 518 g/mol. The lowest BCUT2D eigenvalue weighted by Crippen LogP contribution is -2.57. The van der Waals surface area contributed by atoms with Gasteiger partial charge in [0.05, 0.1) is 38.4 Å². The zero-order valence-corrected chi connectivity index (χ0v) is 21.7. The molecule has 4 N–H and O–H groups in total. The summed E-state index contributed by atoms with van der Waals surface area (Å²) in [5.74, 6) is -0.298. The van der Waals surface area contributed by atoms with E-state index in [1.165, 1.54) is 7.11 Å². The predicted octanol–water partition coefficient (Wildman–Crippen LogP) is 0.864. The maximum Gasteiger partial charge on any atom is 0.247 e. The summed E-state index contributed by atoms with van der Waals surface area (Å²) in [5, 5.41) is 33.4. The van der Waals surface area contributed by atoms with Gasteiger partial charge in [-0.2, -0.15) is 0 Å². The van der Waals surface area contributed by atoms with Crippen molar-refractivity contribution in [1.29, 1.82) is 0 Å². The van der Waals surface area contributed by atoms with Crippen LogP contribution in [0.5, 0.6) is 11.5 Å². The summed E-state index contributed by atoms with van der Waals surface area (Å²) >= 11 is 0. The number of ether oxygens (including phenoxy) is 3. The Morgan fingerprint density at radius 3 is 2.68 bits per heavy atom. The van der Waals surface area contributed by atoms with Crippen molar-refractivity contribution in [1.82, 2.24) is 10.2 Å². The van der Waals surface area contributed by atoms with E-state index in [0.717, 1.165) is 12.8 Å². The quantitative estimate of drug-likeness (QED) is 0.358. The number of fused-ring (bicyclic) bond motifs is 3. The molecule has 4 rings (SSSR count). The smallest absolute Gasteiger partial charge is 0.247 e. The van der Waals surface area contributed by atoms with Crippen LogP contribution in [0.25, 0.3) is 0 Å². The molecular formula is C27H38N2O8. The molecule has 0 aromatic heterocycles. The second-order valence-electron chi connectivity index (χ2n) is 10.3. The topological polar surface area (TPSA) is 138 Å². The number of rotatable bonds is 10. The molecule has 1 fully saturated rings. The molecule has 5 atom stereocenters. The van der Waals surface area contributed by atoms with Gasteiger partial charge in [0.15, 0.2) is 11.5 Å². The Hall–Kier alpha value is -2.66. The summed E-state index contributed by atoms with van der Waals surface area (Å²) in [4.78, 5) is 28.4. The summed E-state index contributed by atoms with van der Waals surface area (Å²) in [6, 6.07) is 2.59. The largest absolute Gasteiger partial charge is 0.493 e. The first-order valence-corrected chi connectivity index (χ1v) is 13.0. The van der Waals surface area contributed by atoms with E-state index in [0.29, 0.717) is 47.8 Å². The van der Waals surface area contributed by atoms with Gasteiger partial charge in [-0.05, 0) is 42.5 Å². The van der Waals surface area contributed by atoms with Crippen molar-refractivity contribution in [3.8, 4) is 11.5 Å². The van der Waals surface area contributed by atoms with Crippen LogP contribution in [0.1, 0.15) is 50.2 Å². The first-order chi connectivity index (χ1) is 17.8. The summed E-state index contributed by atoms with van der Waals surface area (Å²) in [5.41, 5.74) is 1.54. The number of nitrogens with zero attached hydrogens (tertiary/aromatic N) is 1. The molecule has 1 aromatic rings. The molecule has 3 aliphatic rings. The number of carbonyl (C=O) groups is 2. The minimum atomic E-state index is -1.13. The Labute approximate surface area is 217 Å². The molecule has 1 aromatic carbocycles. The SMILES string of the molecule is COc1cc(CO)cc2c1O[C@@H]1[C@@H](O)[C@H](N(C[C@@H]3CCCO3)C(=O)CC(C)C)C=C(C(=O)NCCO)[C@H]21. The zero-order chi connectivity index (χ0) is 26.7. The third-order valence-corrected chi connectivity index (χ3v) is 7.18. The Balaban J connectivity index is 1.78. The van der Waals surface area contributed by atoms with E-state index in [9.17, 15) is 24.9 Å². The lowest BCUT2D eigenvalue weighted by Gasteiger charge is -2.41. The van der Waals surface area contributed by atoms with Crippen molar-refractivity contribution in [2.75, 3.05) is 33.4 Å². The fourth-order valence-corrected chi connectivity index (χ4v) is 5.48. The lowest BCUT2D eigenvalue weighted by atomic mass is 9.77. The van der Waals surface area contributed by atoms with Crippen LogP contribution in [-0.4, -0.2) is 89.8 Å². The van der Waals surface area contributed by atoms with E-state index in [4.69, 9.17) is 14.2 Å². The van der Waals surface area contributed by atoms with E-state index in [2.05, 4.69) is 5.32 Å². The minimum Gasteiger partial charge on any atom is -0.493 e. The van der Waals surface area contributed by atoms with Crippen LogP contribution in [0.3, 0.4) is 0 Å². The highest BCUT2D eigenvalue weighted by Gasteiger charge is 2.51. The van der Waals surface area contributed by atoms with Crippen LogP contribution in [0.15, 0.2) is 23.8 Å². The van der Waals surface area contributed by atoms with Crippen LogP contribution in [-0.2, 0) is 20.9 Å². The molecular weight excluding hydrogens is 480 g/mol. The van der Waals surface area contributed by atoms with Crippen LogP contribution in [0.2, 0.25) is 0 Å². The Morgan fingerprint density at radius 1 is 1.27 bits per heavy atom. The maximum absolute atomic E-state index is 13.4. The second kappa shape index (κ2) is 11.8. The predicted molar refractivity (Wildman–Crippen MR) is 134 cm³/mol. The summed E-state index contributed by atoms with van der Waals surface area (Å²) < 4.78 is 17.5. The Bertz CT molecular complexity index is 1020. The van der Waals surface area contributed by atoms with Gasteiger partial charge < -0.3 is 39.7 Å². The van der Waals surface area contributed by atoms with Crippen LogP contribution in [0, 0.1) is 5.92 Å². The molecule has 2 amide bonds. The number of benzene rings is 1. The standard InChI is InChI=1S/C27H38N2O8/c1-15(2)9-22(32)29(13-17-5-4-8-36-17)20-12-19(27(34)28-6-7-30)23-18-10-16(14-31)11-21(35-3)25(18)37-26(23)24(20)33/h10-12,15,17,20,23-24,26,30-31,33H,4-9,13-14H2,1-3H3,(H,28,34)/t17-,20+,23-,24-,26-/m0/s1. The first kappa shape index (κ1) is 27.4. The number of methoxy groups -OCH3 is 1. The first-order valence-electron chi connectivity index (χ1n) is 13.0. The lowest BCUT2D eigenvalue weighted by molar-refractivity contribution is -0.140. The van der Waals surface area contributed by atoms with Crippen LogP contribution >= 0.6 is 0 Å². The van der Waals surface area contributed by atoms with Gasteiger partial charge in [0.25, 0.3) is 0 Å². The van der Waals surface area contributed by atoms with E-state index in [1.54, 1.807) is 23.1 Å². The number of hydrogen-bond acceptors (Lipinski definition) is 8. The molecule has 0 radical (unpaired) electrons. The normalized spacial score (nSPS) is 26.2. The molecule has 0 spiro atoms. The molecule has 0 saturated carbocycles. The minimum absolute atomic E-state index is 0.0560. The van der Waals surface area contributed by atoms with Gasteiger partial charge in [0, 0.05) is 37.3 Å². The number of carbonyl (C=O) groups excluding carboxylic acids is 2. The van der Waals surface area contributed by atoms with E-state index in [-0.39, 0.29) is 37.7 Å². The van der Waals surface area contributed by atoms with E-state index >= 15 is 0 Å². The summed E-state index contributed by atoms with van der Waals surface area (Å²) in [6.07, 6.45) is 1.53. The fourth-order valence-electron chi connectivity index (χ4n) is 5.48. The Kier molecular flexibility index (Phi) is 8.74. The average molecular weight is 519 g/mol. The van der Waals surface area contributed by atoms with Crippen molar-refractivity contribution < 1.29 is 39.1 Å². The van der Waals surface area contributed by atoms with E-state index in [1.807, 2.05) is 13.8 Å². The summed E-state index contributed by atoms with van der Waals surface area (Å²) in [6.45, 7) is 4.44. The van der Waals surface area contributed by atoms with Crippen LogP contribution in [0.4, 0.5) is 0 Å². The third-order valence-electron chi connectivity index (χ3n) is 7.18. The number of hydrogen-bond donors (Lipinski definition) is 4. The van der Waals surface area contributed by atoms with Gasteiger partial charge in [0.1, 0.15) is 12.2 Å². The molecule has 204 valence electrons. The number of nitrogens with one attached hydrogen (secondary N) is 1. The third kappa shape index (κ3) is 5.62. The molecule has 10 heteroatoms. The molecule has 2 heterocycles. The highest BCUT2D eigenvalue weighted by atomic mass is 16.5. The Morgan fingerprint density at radius 2 is 2.05 bits per heavy atom. The molecule has 37 heavy (non-hydrogen) atoms. The molecule has 1 aliphatic carbocycles. The van der Waals surface area contributed by atoms with Crippen molar-refractivity contribution in [3.63, 3.8) is 0 Å². The highest BCUT2D eigenvalue weighted by molar-refractivity contribution is 5.96. The van der Waals surface area contributed by atoms with Crippen molar-refractivity contribution in [2.45, 2.75) is 70.0 Å². The van der Waals surface area contributed by atoms with Crippen molar-refractivity contribution in [2.24, 2.45) is 5.92 Å². The summed E-state index contributed by atoms with van der Waals surface area (Å²) in [7, 11) is 1.49. The zero-order valence-electron chi connectivity index (χ0n) is 21.7. The average Bonchev–Trinajstić information content (AvgIpc) is 3.53. The van der Waals surface area contributed by atoms with Crippen molar-refractivity contribution >= 4 is 11.8 Å². The van der Waals surface area contributed by atoms with Crippen LogP contribution < -0.4 is 14.8 Å². The number of amides is 2. The number of aliphatic hydroxyl groups is 3. The van der Waals surface area contributed by atoms with Gasteiger partial charge in [-0.25, -0.2) is 0 Å². The fraction of sp³-hybridized carbons (Fsp3) is 0.630. The number of aliphatic hydroxyl groups excluding tert-OH is 3. The maximum atomic E-state index is 13.4. The molecule has 10 nitrogen and oxygen atoms in total. The van der Waals surface area contributed by atoms with Gasteiger partial charge in [0.2, 0.25) is 11.8 Å².